The number of fused-ring (bicyclic) bond motifs is 1. The zero-order chi connectivity index (χ0) is 14.4. The Labute approximate surface area is 113 Å². The number of rotatable bonds is 0. The van der Waals surface area contributed by atoms with Crippen LogP contribution in [0.2, 0.25) is 0 Å². The van der Waals surface area contributed by atoms with E-state index in [0.29, 0.717) is 26.1 Å². The van der Waals surface area contributed by atoms with E-state index >= 15 is 0 Å². The first-order valence-electron chi connectivity index (χ1n) is 6.28. The number of hydrogen-bond donors (Lipinski definition) is 0. The molecule has 3 rings (SSSR count). The molecule has 1 aromatic carbocycles. The van der Waals surface area contributed by atoms with E-state index in [1.54, 1.807) is 0 Å². The Morgan fingerprint density at radius 2 is 1.85 bits per heavy atom. The lowest BCUT2D eigenvalue weighted by Crippen LogP contribution is -2.47. The topological polar surface area (TPSA) is 35.5 Å². The van der Waals surface area contributed by atoms with Gasteiger partial charge in [0.05, 0.1) is 30.8 Å². The van der Waals surface area contributed by atoms with E-state index in [-0.39, 0.29) is 17.1 Å². The van der Waals surface area contributed by atoms with E-state index in [2.05, 4.69) is 0 Å². The predicted molar refractivity (Wildman–Crippen MR) is 63.5 cm³/mol. The predicted octanol–water partition coefficient (Wildman–Crippen LogP) is 3.03. The number of alkyl halides is 3. The molecule has 0 atom stereocenters. The van der Waals surface area contributed by atoms with Gasteiger partial charge in [0.1, 0.15) is 11.4 Å². The van der Waals surface area contributed by atoms with Crippen molar-refractivity contribution in [2.45, 2.75) is 24.6 Å². The van der Waals surface area contributed by atoms with Crippen LogP contribution in [-0.4, -0.2) is 24.6 Å². The van der Waals surface area contributed by atoms with Crippen molar-refractivity contribution in [3.63, 3.8) is 0 Å². The van der Waals surface area contributed by atoms with E-state index in [1.807, 2.05) is 0 Å². The van der Waals surface area contributed by atoms with Crippen molar-refractivity contribution < 1.29 is 27.4 Å². The summed E-state index contributed by atoms with van der Waals surface area (Å²) in [5.41, 5.74) is -1.46. The first kappa shape index (κ1) is 13.4. The Morgan fingerprint density at radius 3 is 2.50 bits per heavy atom. The van der Waals surface area contributed by atoms with Crippen LogP contribution < -0.4 is 4.74 Å². The fourth-order valence-corrected chi connectivity index (χ4v) is 2.52. The number of carbonyl (C=O) groups is 1. The molecule has 3 nitrogen and oxygen atoms in total. The molecule has 0 bridgehead atoms. The molecule has 1 fully saturated rings. The Balaban J connectivity index is 1.98. The molecule has 1 saturated heterocycles. The van der Waals surface area contributed by atoms with Gasteiger partial charge in [0.15, 0.2) is 5.78 Å². The van der Waals surface area contributed by atoms with Crippen LogP contribution in [0, 0.1) is 6.42 Å². The maximum absolute atomic E-state index is 12.7. The second-order valence-electron chi connectivity index (χ2n) is 5.00. The van der Waals surface area contributed by atoms with Crippen LogP contribution >= 0.6 is 0 Å². The largest absolute Gasteiger partial charge is 0.486 e. The van der Waals surface area contributed by atoms with Crippen LogP contribution in [0.1, 0.15) is 28.8 Å². The van der Waals surface area contributed by atoms with Crippen LogP contribution in [0.3, 0.4) is 0 Å². The molecule has 0 unspecified atom stereocenters. The van der Waals surface area contributed by atoms with Crippen LogP contribution in [0.25, 0.3) is 0 Å². The van der Waals surface area contributed by atoms with Gasteiger partial charge in [0.25, 0.3) is 0 Å². The maximum atomic E-state index is 12.7. The van der Waals surface area contributed by atoms with Crippen LogP contribution in [-0.2, 0) is 10.9 Å². The van der Waals surface area contributed by atoms with Crippen LogP contribution in [0.4, 0.5) is 13.2 Å². The fraction of sp³-hybridized carbons (Fsp3) is 0.429. The second kappa shape index (κ2) is 4.48. The molecule has 0 N–H and O–H groups in total. The van der Waals surface area contributed by atoms with E-state index in [0.717, 1.165) is 12.1 Å². The summed E-state index contributed by atoms with van der Waals surface area (Å²) in [4.78, 5) is 12.1. The average Bonchev–Trinajstić information content (AvgIpc) is 2.37. The third-order valence-corrected chi connectivity index (χ3v) is 3.62. The van der Waals surface area contributed by atoms with Crippen molar-refractivity contribution >= 4 is 5.78 Å². The van der Waals surface area contributed by atoms with Crippen molar-refractivity contribution in [1.82, 2.24) is 0 Å². The van der Waals surface area contributed by atoms with E-state index in [9.17, 15) is 18.0 Å². The second-order valence-corrected chi connectivity index (χ2v) is 5.00. The number of Topliss-reactive ketones (excluding diaryl/α,β-unsaturated/α-hetero) is 1. The van der Waals surface area contributed by atoms with Crippen LogP contribution in [0.5, 0.6) is 5.75 Å². The quantitative estimate of drug-likeness (QED) is 0.735. The van der Waals surface area contributed by atoms with Gasteiger partial charge >= 0.3 is 6.18 Å². The summed E-state index contributed by atoms with van der Waals surface area (Å²) < 4.78 is 49.1. The zero-order valence-electron chi connectivity index (χ0n) is 10.5. The molecule has 1 aromatic rings. The molecule has 107 valence electrons. The zero-order valence-corrected chi connectivity index (χ0v) is 10.5. The normalized spacial score (nSPS) is 21.4. The highest BCUT2D eigenvalue weighted by Gasteiger charge is 2.43. The summed E-state index contributed by atoms with van der Waals surface area (Å²) in [6.45, 7) is 0.857. The third-order valence-electron chi connectivity index (χ3n) is 3.62. The van der Waals surface area contributed by atoms with Gasteiger partial charge < -0.3 is 9.47 Å². The number of ketones is 1. The molecule has 0 saturated carbocycles. The molecule has 1 radical (unpaired) electrons. The molecule has 0 aromatic heterocycles. The number of halogens is 3. The SMILES string of the molecule is O=C1[CH]C2(CCOCC2)Oc2cc(C(F)(F)F)ccc21. The van der Waals surface area contributed by atoms with Gasteiger partial charge in [-0.1, -0.05) is 0 Å². The Morgan fingerprint density at radius 1 is 1.15 bits per heavy atom. The maximum Gasteiger partial charge on any atom is 0.416 e. The first-order valence-corrected chi connectivity index (χ1v) is 6.28. The van der Waals surface area contributed by atoms with Crippen molar-refractivity contribution in [1.29, 1.82) is 0 Å². The van der Waals surface area contributed by atoms with Crippen molar-refractivity contribution in [2.24, 2.45) is 0 Å². The lowest BCUT2D eigenvalue weighted by atomic mass is 9.84. The summed E-state index contributed by atoms with van der Waals surface area (Å²) in [5, 5.41) is 0. The van der Waals surface area contributed by atoms with Crippen LogP contribution in [0.15, 0.2) is 18.2 Å². The van der Waals surface area contributed by atoms with Crippen molar-refractivity contribution in [3.8, 4) is 5.75 Å². The highest BCUT2D eigenvalue weighted by molar-refractivity contribution is 6.06. The lowest BCUT2D eigenvalue weighted by molar-refractivity contribution is -0.137. The molecule has 2 aliphatic heterocycles. The Bertz CT molecular complexity index is 545. The van der Waals surface area contributed by atoms with Gasteiger partial charge in [-0.25, -0.2) is 0 Å². The molecule has 20 heavy (non-hydrogen) atoms. The summed E-state index contributed by atoms with van der Waals surface area (Å²) >= 11 is 0. The molecule has 2 aliphatic rings. The number of ether oxygens (including phenoxy) is 2. The summed E-state index contributed by atoms with van der Waals surface area (Å²) in [6, 6.07) is 2.97. The first-order chi connectivity index (χ1) is 9.40. The molecular weight excluding hydrogens is 273 g/mol. The molecule has 0 aliphatic carbocycles. The average molecular weight is 285 g/mol. The number of benzene rings is 1. The monoisotopic (exact) mass is 285 g/mol. The summed E-state index contributed by atoms with van der Waals surface area (Å²) in [6.07, 6.45) is -2.06. The minimum Gasteiger partial charge on any atom is -0.486 e. The van der Waals surface area contributed by atoms with E-state index < -0.39 is 17.3 Å². The fourth-order valence-electron chi connectivity index (χ4n) is 2.52. The van der Waals surface area contributed by atoms with Gasteiger partial charge in [0, 0.05) is 12.8 Å². The minimum absolute atomic E-state index is 0.00854. The van der Waals surface area contributed by atoms with Gasteiger partial charge in [-0.15, -0.1) is 0 Å². The highest BCUT2D eigenvalue weighted by atomic mass is 19.4. The minimum atomic E-state index is -4.45. The number of hydrogen-bond acceptors (Lipinski definition) is 3. The Hall–Kier alpha value is -1.56. The molecule has 0 amide bonds. The van der Waals surface area contributed by atoms with E-state index in [1.165, 1.54) is 12.5 Å². The molecular formula is C14H12F3O3. The number of carbonyl (C=O) groups excluding carboxylic acids is 1. The van der Waals surface area contributed by atoms with Crippen molar-refractivity contribution in [3.05, 3.63) is 35.7 Å². The standard InChI is InChI=1S/C14H12F3O3/c15-14(16,17)9-1-2-10-11(18)8-13(20-12(10)7-9)3-5-19-6-4-13/h1-2,7-8H,3-6H2. The smallest absolute Gasteiger partial charge is 0.416 e. The van der Waals surface area contributed by atoms with Gasteiger partial charge in [-0.3, -0.25) is 4.79 Å². The molecule has 1 spiro atoms. The lowest BCUT2D eigenvalue weighted by Gasteiger charge is -2.40. The van der Waals surface area contributed by atoms with Gasteiger partial charge in [0.2, 0.25) is 0 Å². The van der Waals surface area contributed by atoms with E-state index in [4.69, 9.17) is 9.47 Å². The highest BCUT2D eigenvalue weighted by Crippen LogP contribution is 2.41. The summed E-state index contributed by atoms with van der Waals surface area (Å²) in [5.74, 6) is -0.281. The van der Waals surface area contributed by atoms with Gasteiger partial charge in [-0.05, 0) is 18.2 Å². The van der Waals surface area contributed by atoms with Gasteiger partial charge in [-0.2, -0.15) is 13.2 Å². The molecule has 6 heteroatoms. The molecule has 2 heterocycles. The van der Waals surface area contributed by atoms with Crippen molar-refractivity contribution in [2.75, 3.05) is 13.2 Å². The third kappa shape index (κ3) is 2.28. The summed E-state index contributed by atoms with van der Waals surface area (Å²) in [7, 11) is 0. The Kier molecular flexibility index (Phi) is 3.01.